The van der Waals surface area contributed by atoms with Crippen molar-refractivity contribution in [3.8, 4) is 6.07 Å². The molecule has 0 spiro atoms. The third kappa shape index (κ3) is 4.33. The second kappa shape index (κ2) is 8.08. The molecule has 1 heterocycles. The third-order valence-corrected chi connectivity index (χ3v) is 3.80. The highest BCUT2D eigenvalue weighted by molar-refractivity contribution is 5.65. The Kier molecular flexibility index (Phi) is 5.40. The van der Waals surface area contributed by atoms with Gasteiger partial charge in [-0.05, 0) is 37.1 Å². The number of nitriles is 1. The maximum Gasteiger partial charge on any atom is 0.224 e. The Balaban J connectivity index is 1.70. The standard InChI is InChI=1S/C20H18FN5/c1-14-12-19(25-18-9-5-3-7-16(18)13-22)26-20(24-14)23-11-10-15-6-2-4-8-17(15)21/h2-9,12H,10-11H2,1H3,(H2,23,24,25,26). The molecule has 0 fully saturated rings. The number of benzene rings is 2. The molecule has 0 aliphatic heterocycles. The van der Waals surface area contributed by atoms with Gasteiger partial charge < -0.3 is 10.6 Å². The van der Waals surface area contributed by atoms with Crippen molar-refractivity contribution < 1.29 is 4.39 Å². The highest BCUT2D eigenvalue weighted by Crippen LogP contribution is 2.20. The minimum Gasteiger partial charge on any atom is -0.354 e. The number of aromatic nitrogens is 2. The van der Waals surface area contributed by atoms with Gasteiger partial charge in [0.05, 0.1) is 11.3 Å². The van der Waals surface area contributed by atoms with E-state index >= 15 is 0 Å². The van der Waals surface area contributed by atoms with Gasteiger partial charge in [-0.1, -0.05) is 30.3 Å². The van der Waals surface area contributed by atoms with Crippen LogP contribution < -0.4 is 10.6 Å². The van der Waals surface area contributed by atoms with E-state index in [0.717, 1.165) is 5.69 Å². The van der Waals surface area contributed by atoms with Gasteiger partial charge in [0.2, 0.25) is 5.95 Å². The van der Waals surface area contributed by atoms with Crippen molar-refractivity contribution in [2.45, 2.75) is 13.3 Å². The summed E-state index contributed by atoms with van der Waals surface area (Å²) in [6.07, 6.45) is 0.532. The number of para-hydroxylation sites is 1. The van der Waals surface area contributed by atoms with E-state index in [1.807, 2.05) is 31.2 Å². The van der Waals surface area contributed by atoms with Gasteiger partial charge in [-0.25, -0.2) is 9.37 Å². The van der Waals surface area contributed by atoms with E-state index in [-0.39, 0.29) is 5.82 Å². The lowest BCUT2D eigenvalue weighted by molar-refractivity contribution is 0.610. The van der Waals surface area contributed by atoms with E-state index in [1.165, 1.54) is 6.07 Å². The molecular formula is C20H18FN5. The molecule has 0 atom stereocenters. The van der Waals surface area contributed by atoms with Crippen LogP contribution in [0.3, 0.4) is 0 Å². The van der Waals surface area contributed by atoms with Crippen molar-refractivity contribution in [3.05, 3.63) is 77.2 Å². The van der Waals surface area contributed by atoms with Crippen LogP contribution in [0.25, 0.3) is 0 Å². The summed E-state index contributed by atoms with van der Waals surface area (Å²) in [6.45, 7) is 2.38. The van der Waals surface area contributed by atoms with Crippen LogP contribution in [0.5, 0.6) is 0 Å². The van der Waals surface area contributed by atoms with E-state index in [0.29, 0.717) is 41.5 Å². The molecule has 0 bridgehead atoms. The number of rotatable bonds is 6. The topological polar surface area (TPSA) is 73.6 Å². The molecule has 2 aromatic carbocycles. The minimum absolute atomic E-state index is 0.213. The van der Waals surface area contributed by atoms with E-state index in [4.69, 9.17) is 0 Å². The molecule has 0 aliphatic carbocycles. The van der Waals surface area contributed by atoms with Gasteiger partial charge in [0.25, 0.3) is 0 Å². The smallest absolute Gasteiger partial charge is 0.224 e. The quantitative estimate of drug-likeness (QED) is 0.699. The van der Waals surface area contributed by atoms with Crippen molar-refractivity contribution in [2.24, 2.45) is 0 Å². The van der Waals surface area contributed by atoms with Crippen molar-refractivity contribution >= 4 is 17.5 Å². The lowest BCUT2D eigenvalue weighted by Gasteiger charge is -2.11. The van der Waals surface area contributed by atoms with Crippen LogP contribution >= 0.6 is 0 Å². The average Bonchev–Trinajstić information content (AvgIpc) is 2.63. The number of hydrogen-bond donors (Lipinski definition) is 2. The molecule has 3 rings (SSSR count). The summed E-state index contributed by atoms with van der Waals surface area (Å²) < 4.78 is 13.7. The van der Waals surface area contributed by atoms with Crippen LogP contribution in [0.1, 0.15) is 16.8 Å². The summed E-state index contributed by atoms with van der Waals surface area (Å²) >= 11 is 0. The Hall–Kier alpha value is -3.46. The lowest BCUT2D eigenvalue weighted by Crippen LogP contribution is -2.10. The number of aryl methyl sites for hydroxylation is 1. The zero-order chi connectivity index (χ0) is 18.4. The molecule has 1 aromatic heterocycles. The van der Waals surface area contributed by atoms with Gasteiger partial charge in [0.15, 0.2) is 0 Å². The van der Waals surface area contributed by atoms with Gasteiger partial charge in [-0.15, -0.1) is 0 Å². The van der Waals surface area contributed by atoms with E-state index < -0.39 is 0 Å². The van der Waals surface area contributed by atoms with Gasteiger partial charge in [-0.3, -0.25) is 0 Å². The van der Waals surface area contributed by atoms with E-state index in [1.54, 1.807) is 24.3 Å². The molecule has 0 saturated carbocycles. The average molecular weight is 347 g/mol. The Morgan fingerprint density at radius 3 is 2.65 bits per heavy atom. The van der Waals surface area contributed by atoms with E-state index in [9.17, 15) is 9.65 Å². The van der Waals surface area contributed by atoms with Gasteiger partial charge in [-0.2, -0.15) is 10.2 Å². The lowest BCUT2D eigenvalue weighted by atomic mass is 10.1. The Morgan fingerprint density at radius 1 is 1.08 bits per heavy atom. The summed E-state index contributed by atoms with van der Waals surface area (Å²) in [4.78, 5) is 8.77. The van der Waals surface area contributed by atoms with Crippen LogP contribution in [-0.4, -0.2) is 16.5 Å². The largest absolute Gasteiger partial charge is 0.354 e. The Morgan fingerprint density at radius 2 is 1.85 bits per heavy atom. The van der Waals surface area contributed by atoms with Crippen molar-refractivity contribution in [1.29, 1.82) is 5.26 Å². The molecule has 130 valence electrons. The summed E-state index contributed by atoms with van der Waals surface area (Å²) in [6, 6.07) is 17.9. The maximum absolute atomic E-state index is 13.7. The first-order chi connectivity index (χ1) is 12.7. The highest BCUT2D eigenvalue weighted by Gasteiger charge is 2.06. The molecule has 6 heteroatoms. The number of anilines is 3. The molecule has 0 amide bonds. The van der Waals surface area contributed by atoms with Gasteiger partial charge in [0, 0.05) is 18.3 Å². The number of nitrogens with zero attached hydrogens (tertiary/aromatic N) is 3. The first kappa shape index (κ1) is 17.4. The zero-order valence-corrected chi connectivity index (χ0v) is 14.3. The second-order valence-electron chi connectivity index (χ2n) is 5.77. The van der Waals surface area contributed by atoms with Gasteiger partial charge in [0.1, 0.15) is 17.7 Å². The summed E-state index contributed by atoms with van der Waals surface area (Å²) in [5.74, 6) is 0.835. The normalized spacial score (nSPS) is 10.2. The molecule has 0 unspecified atom stereocenters. The SMILES string of the molecule is Cc1cc(Nc2ccccc2C#N)nc(NCCc2ccccc2F)n1. The number of nitrogens with one attached hydrogen (secondary N) is 2. The van der Waals surface area contributed by atoms with Crippen molar-refractivity contribution in [2.75, 3.05) is 17.2 Å². The Bertz CT molecular complexity index is 949. The van der Waals surface area contributed by atoms with Crippen LogP contribution in [0, 0.1) is 24.1 Å². The molecule has 0 saturated heterocycles. The van der Waals surface area contributed by atoms with Crippen molar-refractivity contribution in [1.82, 2.24) is 9.97 Å². The molecule has 0 aliphatic rings. The molecular weight excluding hydrogens is 329 g/mol. The van der Waals surface area contributed by atoms with Crippen LogP contribution in [0.2, 0.25) is 0 Å². The first-order valence-electron chi connectivity index (χ1n) is 8.25. The van der Waals surface area contributed by atoms with Crippen molar-refractivity contribution in [3.63, 3.8) is 0 Å². The van der Waals surface area contributed by atoms with Gasteiger partial charge >= 0.3 is 0 Å². The predicted octanol–water partition coefficient (Wildman–Crippen LogP) is 4.19. The minimum atomic E-state index is -0.213. The first-order valence-corrected chi connectivity index (χ1v) is 8.25. The molecule has 3 aromatic rings. The summed E-state index contributed by atoms with van der Waals surface area (Å²) in [5.41, 5.74) is 2.66. The van der Waals surface area contributed by atoms with Crippen LogP contribution in [-0.2, 0) is 6.42 Å². The third-order valence-electron chi connectivity index (χ3n) is 3.80. The fourth-order valence-corrected chi connectivity index (χ4v) is 2.55. The molecule has 2 N–H and O–H groups in total. The number of hydrogen-bond acceptors (Lipinski definition) is 5. The predicted molar refractivity (Wildman–Crippen MR) is 99.8 cm³/mol. The number of halogens is 1. The molecule has 5 nitrogen and oxygen atoms in total. The molecule has 26 heavy (non-hydrogen) atoms. The fourth-order valence-electron chi connectivity index (χ4n) is 2.55. The Labute approximate surface area is 151 Å². The zero-order valence-electron chi connectivity index (χ0n) is 14.3. The highest BCUT2D eigenvalue weighted by atomic mass is 19.1. The van der Waals surface area contributed by atoms with E-state index in [2.05, 4.69) is 26.7 Å². The fraction of sp³-hybridized carbons (Fsp3) is 0.150. The maximum atomic E-state index is 13.7. The second-order valence-corrected chi connectivity index (χ2v) is 5.77. The van der Waals surface area contributed by atoms with Crippen LogP contribution in [0.15, 0.2) is 54.6 Å². The summed E-state index contributed by atoms with van der Waals surface area (Å²) in [5, 5.41) is 15.5. The monoisotopic (exact) mass is 347 g/mol. The summed E-state index contributed by atoms with van der Waals surface area (Å²) in [7, 11) is 0. The van der Waals surface area contributed by atoms with Crippen LogP contribution in [0.4, 0.5) is 21.8 Å². The molecule has 0 radical (unpaired) electrons.